The number of anilines is 1. The molecule has 0 fully saturated rings. The van der Waals surface area contributed by atoms with Gasteiger partial charge < -0.3 is 9.84 Å². The summed E-state index contributed by atoms with van der Waals surface area (Å²) < 4.78 is 28.6. The third-order valence-corrected chi connectivity index (χ3v) is 8.06. The number of benzene rings is 3. The lowest BCUT2D eigenvalue weighted by atomic mass is 10.0. The second kappa shape index (κ2) is 12.0. The average molecular weight is 574 g/mol. The van der Waals surface area contributed by atoms with Gasteiger partial charge in [-0.25, -0.2) is 4.57 Å². The number of pyridine rings is 1. The zero-order chi connectivity index (χ0) is 29.0. The first-order valence-corrected chi connectivity index (χ1v) is 14.6. The molecule has 0 aliphatic carbocycles. The molecule has 10 nitrogen and oxygen atoms in total. The predicted molar refractivity (Wildman–Crippen MR) is 153 cm³/mol. The van der Waals surface area contributed by atoms with Gasteiger partial charge in [0.1, 0.15) is 11.8 Å². The third kappa shape index (κ3) is 5.90. The maximum atomic E-state index is 13.8. The summed E-state index contributed by atoms with van der Waals surface area (Å²) in [5, 5.41) is 3.71. The number of nitrogens with one attached hydrogen (secondary N) is 1. The van der Waals surface area contributed by atoms with Crippen molar-refractivity contribution < 1.29 is 32.5 Å². The van der Waals surface area contributed by atoms with Crippen LogP contribution in [-0.4, -0.2) is 46.9 Å². The summed E-state index contributed by atoms with van der Waals surface area (Å²) in [5.74, 6) is -1.40. The SMILES string of the molecule is CCOP(=O)(OCC)Oc1ccc(C[C@@H](C(=O)Nc2cccc3cccnc23)N2C(=O)c3ccccc3C2=O)cc1. The van der Waals surface area contributed by atoms with Crippen LogP contribution in [0.1, 0.15) is 40.1 Å². The molecule has 0 bridgehead atoms. The minimum atomic E-state index is -3.79. The van der Waals surface area contributed by atoms with Crippen molar-refractivity contribution in [3.63, 3.8) is 0 Å². The Morgan fingerprint density at radius 1 is 0.878 bits per heavy atom. The van der Waals surface area contributed by atoms with Crippen molar-refractivity contribution in [2.75, 3.05) is 18.5 Å². The zero-order valence-electron chi connectivity index (χ0n) is 22.5. The van der Waals surface area contributed by atoms with Crippen LogP contribution in [0.15, 0.2) is 85.1 Å². The second-order valence-electron chi connectivity index (χ2n) is 9.13. The Bertz CT molecular complexity index is 1610. The maximum Gasteiger partial charge on any atom is 0.530 e. The lowest BCUT2D eigenvalue weighted by Gasteiger charge is -2.26. The van der Waals surface area contributed by atoms with E-state index in [0.717, 1.165) is 10.3 Å². The van der Waals surface area contributed by atoms with Gasteiger partial charge in [-0.1, -0.05) is 42.5 Å². The zero-order valence-corrected chi connectivity index (χ0v) is 23.4. The van der Waals surface area contributed by atoms with Gasteiger partial charge >= 0.3 is 7.82 Å². The highest BCUT2D eigenvalue weighted by molar-refractivity contribution is 7.48. The van der Waals surface area contributed by atoms with Gasteiger partial charge in [-0.15, -0.1) is 0 Å². The highest BCUT2D eigenvalue weighted by Gasteiger charge is 2.42. The van der Waals surface area contributed by atoms with Crippen LogP contribution in [0.25, 0.3) is 10.9 Å². The van der Waals surface area contributed by atoms with E-state index >= 15 is 0 Å². The number of amides is 3. The van der Waals surface area contributed by atoms with Gasteiger partial charge in [0, 0.05) is 18.0 Å². The molecule has 0 unspecified atom stereocenters. The van der Waals surface area contributed by atoms with E-state index in [4.69, 9.17) is 13.6 Å². The lowest BCUT2D eigenvalue weighted by molar-refractivity contribution is -0.119. The molecule has 5 rings (SSSR count). The molecule has 210 valence electrons. The van der Waals surface area contributed by atoms with Crippen LogP contribution in [-0.2, 0) is 24.8 Å². The van der Waals surface area contributed by atoms with E-state index in [0.29, 0.717) is 16.8 Å². The van der Waals surface area contributed by atoms with Crippen molar-refractivity contribution in [1.29, 1.82) is 0 Å². The van der Waals surface area contributed by atoms with Crippen LogP contribution >= 0.6 is 7.82 Å². The van der Waals surface area contributed by atoms with Gasteiger partial charge in [0.2, 0.25) is 5.91 Å². The number of para-hydroxylation sites is 1. The Labute approximate surface area is 236 Å². The maximum absolute atomic E-state index is 13.8. The fraction of sp³-hybridized carbons (Fsp3) is 0.200. The van der Waals surface area contributed by atoms with Gasteiger partial charge in [0.25, 0.3) is 11.8 Å². The fourth-order valence-electron chi connectivity index (χ4n) is 4.66. The molecule has 3 amide bonds. The minimum Gasteiger partial charge on any atom is -0.404 e. The number of phosphoric acid groups is 1. The summed E-state index contributed by atoms with van der Waals surface area (Å²) in [6.07, 6.45) is 1.64. The van der Waals surface area contributed by atoms with E-state index in [-0.39, 0.29) is 36.5 Å². The number of carbonyl (C=O) groups is 3. The first-order valence-electron chi connectivity index (χ1n) is 13.1. The molecule has 1 aromatic heterocycles. The van der Waals surface area contributed by atoms with Crippen molar-refractivity contribution in [2.45, 2.75) is 26.3 Å². The molecule has 41 heavy (non-hydrogen) atoms. The summed E-state index contributed by atoms with van der Waals surface area (Å²) in [7, 11) is -3.79. The monoisotopic (exact) mass is 573 g/mol. The molecule has 2 heterocycles. The summed E-state index contributed by atoms with van der Waals surface area (Å²) in [4.78, 5) is 45.9. The van der Waals surface area contributed by atoms with Crippen LogP contribution < -0.4 is 9.84 Å². The Balaban J connectivity index is 1.44. The van der Waals surface area contributed by atoms with Gasteiger partial charge in [0.05, 0.1) is 35.5 Å². The van der Waals surface area contributed by atoms with Crippen LogP contribution in [0.3, 0.4) is 0 Å². The number of nitrogens with zero attached hydrogens (tertiary/aromatic N) is 2. The smallest absolute Gasteiger partial charge is 0.404 e. The van der Waals surface area contributed by atoms with E-state index in [9.17, 15) is 18.9 Å². The van der Waals surface area contributed by atoms with Crippen molar-refractivity contribution >= 4 is 42.1 Å². The van der Waals surface area contributed by atoms with Gasteiger partial charge in [0.15, 0.2) is 0 Å². The van der Waals surface area contributed by atoms with Gasteiger partial charge in [-0.2, -0.15) is 0 Å². The Morgan fingerprint density at radius 3 is 2.15 bits per heavy atom. The largest absolute Gasteiger partial charge is 0.530 e. The first kappa shape index (κ1) is 28.2. The average Bonchev–Trinajstić information content (AvgIpc) is 3.22. The summed E-state index contributed by atoms with van der Waals surface area (Å²) in [5.41, 5.74) is 2.16. The molecular formula is C30H28N3O7P. The Kier molecular flexibility index (Phi) is 8.26. The standard InChI is InChI=1S/C30H28N3O7P/c1-3-38-41(37,39-4-2)40-22-16-14-20(15-17-22)19-26(33-29(35)23-11-5-6-12-24(23)30(33)36)28(34)32-25-13-7-9-21-10-8-18-31-27(21)25/h5-18,26H,3-4,19H2,1-2H3,(H,32,34)/t26-/m0/s1. The lowest BCUT2D eigenvalue weighted by Crippen LogP contribution is -2.48. The van der Waals surface area contributed by atoms with Crippen molar-refractivity contribution in [2.24, 2.45) is 0 Å². The minimum absolute atomic E-state index is 0.0182. The molecule has 0 spiro atoms. The molecule has 0 radical (unpaired) electrons. The molecule has 11 heteroatoms. The number of phosphoric ester groups is 1. The van der Waals surface area contributed by atoms with E-state index in [1.807, 2.05) is 12.1 Å². The highest BCUT2D eigenvalue weighted by atomic mass is 31.2. The van der Waals surface area contributed by atoms with E-state index in [2.05, 4.69) is 10.3 Å². The summed E-state index contributed by atoms with van der Waals surface area (Å²) >= 11 is 0. The first-order chi connectivity index (χ1) is 19.8. The van der Waals surface area contributed by atoms with Gasteiger partial charge in [-0.05, 0) is 55.8 Å². The van der Waals surface area contributed by atoms with Crippen molar-refractivity contribution in [1.82, 2.24) is 9.88 Å². The summed E-state index contributed by atoms with van der Waals surface area (Å²) in [6.45, 7) is 3.63. The number of rotatable bonds is 11. The Hall–Kier alpha value is -4.37. The van der Waals surface area contributed by atoms with Crippen LogP contribution in [0, 0.1) is 0 Å². The number of hydrogen-bond donors (Lipinski definition) is 1. The number of imide groups is 1. The normalized spacial score (nSPS) is 13.8. The second-order valence-corrected chi connectivity index (χ2v) is 10.7. The molecule has 1 aliphatic heterocycles. The quantitative estimate of drug-likeness (QED) is 0.181. The molecule has 0 saturated carbocycles. The van der Waals surface area contributed by atoms with Crippen molar-refractivity contribution in [3.05, 3.63) is 102 Å². The molecule has 1 N–H and O–H groups in total. The predicted octanol–water partition coefficient (Wildman–Crippen LogP) is 5.64. The van der Waals surface area contributed by atoms with Crippen LogP contribution in [0.2, 0.25) is 0 Å². The number of aromatic nitrogens is 1. The molecule has 3 aromatic carbocycles. The molecule has 4 aromatic rings. The fourth-order valence-corrected chi connectivity index (χ4v) is 5.85. The Morgan fingerprint density at radius 2 is 1.51 bits per heavy atom. The van der Waals surface area contributed by atoms with E-state index < -0.39 is 31.6 Å². The van der Waals surface area contributed by atoms with E-state index in [1.165, 1.54) is 0 Å². The van der Waals surface area contributed by atoms with E-state index in [1.54, 1.807) is 86.8 Å². The summed E-state index contributed by atoms with van der Waals surface area (Å²) in [6, 6.07) is 20.8. The van der Waals surface area contributed by atoms with Crippen LogP contribution in [0.5, 0.6) is 5.75 Å². The highest BCUT2D eigenvalue weighted by Crippen LogP contribution is 2.49. The topological polar surface area (TPSA) is 124 Å². The van der Waals surface area contributed by atoms with Crippen LogP contribution in [0.4, 0.5) is 5.69 Å². The molecule has 1 atom stereocenters. The number of carbonyl (C=O) groups excluding carboxylic acids is 3. The molecule has 0 saturated heterocycles. The third-order valence-electron chi connectivity index (χ3n) is 6.47. The van der Waals surface area contributed by atoms with Crippen molar-refractivity contribution in [3.8, 4) is 5.75 Å². The number of hydrogen-bond acceptors (Lipinski definition) is 8. The molecular weight excluding hydrogens is 545 g/mol. The molecule has 1 aliphatic rings. The van der Waals surface area contributed by atoms with Gasteiger partial charge in [-0.3, -0.25) is 33.3 Å². The number of fused-ring (bicyclic) bond motifs is 2.